The molecule has 1 N–H and O–H groups in total. The van der Waals surface area contributed by atoms with Crippen molar-refractivity contribution in [1.82, 2.24) is 9.62 Å². The standard InChI is InChI=1S/C34H38F2N2O3S2/c1-33(2,3)42(39)37-32(34(35,36)43(40,41)30-22-14-7-15-23-30)31(24-27-16-8-4-9-17-27)38(25-28-18-10-5-11-19-28)26-29-20-12-6-13-21-29/h4-23,31-32,37H,24-26H2,1-3H3/t31-,32+,42-/m1/s1. The van der Waals surface area contributed by atoms with E-state index in [2.05, 4.69) is 4.72 Å². The highest BCUT2D eigenvalue weighted by Crippen LogP contribution is 2.37. The Hall–Kier alpha value is -3.24. The lowest BCUT2D eigenvalue weighted by Crippen LogP contribution is -2.62. The lowest BCUT2D eigenvalue weighted by atomic mass is 9.96. The third-order valence-corrected chi connectivity index (χ3v) is 10.6. The molecule has 3 atom stereocenters. The van der Waals surface area contributed by atoms with Gasteiger partial charge in [0.2, 0.25) is 9.84 Å². The normalized spacial score (nSPS) is 14.7. The van der Waals surface area contributed by atoms with Crippen molar-refractivity contribution in [3.8, 4) is 0 Å². The Balaban J connectivity index is 1.91. The molecule has 0 unspecified atom stereocenters. The average molecular weight is 625 g/mol. The Bertz CT molecular complexity index is 1520. The molecule has 4 aromatic carbocycles. The molecule has 0 amide bonds. The van der Waals surface area contributed by atoms with Gasteiger partial charge in [0.05, 0.1) is 20.6 Å². The van der Waals surface area contributed by atoms with Gasteiger partial charge in [-0.15, -0.1) is 0 Å². The van der Waals surface area contributed by atoms with Crippen LogP contribution in [0.25, 0.3) is 0 Å². The number of sulfone groups is 1. The summed E-state index contributed by atoms with van der Waals surface area (Å²) in [7, 11) is -7.22. The van der Waals surface area contributed by atoms with Crippen molar-refractivity contribution in [2.24, 2.45) is 0 Å². The van der Waals surface area contributed by atoms with E-state index in [4.69, 9.17) is 0 Å². The average Bonchev–Trinajstić information content (AvgIpc) is 3.00. The summed E-state index contributed by atoms with van der Waals surface area (Å²) in [5.41, 5.74) is 2.50. The number of hydrogen-bond acceptors (Lipinski definition) is 4. The van der Waals surface area contributed by atoms with Gasteiger partial charge in [0.25, 0.3) is 0 Å². The van der Waals surface area contributed by atoms with Gasteiger partial charge in [-0.05, 0) is 56.0 Å². The summed E-state index contributed by atoms with van der Waals surface area (Å²) in [5.74, 6) is 0. The largest absolute Gasteiger partial charge is 0.367 e. The quantitative estimate of drug-likeness (QED) is 0.178. The molecule has 0 bridgehead atoms. The van der Waals surface area contributed by atoms with E-state index in [0.29, 0.717) is 0 Å². The van der Waals surface area contributed by atoms with Crippen molar-refractivity contribution < 1.29 is 21.4 Å². The highest BCUT2D eigenvalue weighted by Gasteiger charge is 2.57. The second-order valence-electron chi connectivity index (χ2n) is 11.5. The molecule has 0 saturated heterocycles. The van der Waals surface area contributed by atoms with Crippen molar-refractivity contribution >= 4 is 20.8 Å². The van der Waals surface area contributed by atoms with Gasteiger partial charge in [-0.3, -0.25) is 4.90 Å². The number of alkyl halides is 2. The summed E-state index contributed by atoms with van der Waals surface area (Å²) in [6.45, 7) is 5.50. The summed E-state index contributed by atoms with van der Waals surface area (Å²) in [4.78, 5) is 1.37. The number of benzene rings is 4. The van der Waals surface area contributed by atoms with Crippen molar-refractivity contribution in [2.45, 2.75) is 67.3 Å². The van der Waals surface area contributed by atoms with Crippen LogP contribution in [0.1, 0.15) is 37.5 Å². The zero-order valence-corrected chi connectivity index (χ0v) is 26.2. The fourth-order valence-electron chi connectivity index (χ4n) is 4.83. The van der Waals surface area contributed by atoms with Crippen LogP contribution in [0, 0.1) is 0 Å². The summed E-state index contributed by atoms with van der Waals surface area (Å²) in [6, 6.07) is 31.6. The minimum absolute atomic E-state index is 0.0828. The van der Waals surface area contributed by atoms with Gasteiger partial charge < -0.3 is 0 Å². The Morgan fingerprint density at radius 3 is 1.51 bits per heavy atom. The van der Waals surface area contributed by atoms with Gasteiger partial charge in [0.1, 0.15) is 6.04 Å². The number of halogens is 2. The first-order valence-corrected chi connectivity index (χ1v) is 16.7. The molecule has 43 heavy (non-hydrogen) atoms. The Morgan fingerprint density at radius 2 is 1.09 bits per heavy atom. The van der Waals surface area contributed by atoms with E-state index < -0.39 is 47.8 Å². The molecule has 4 rings (SSSR count). The molecule has 4 aromatic rings. The minimum atomic E-state index is -5.20. The molecule has 0 heterocycles. The van der Waals surface area contributed by atoms with Gasteiger partial charge in [0.15, 0.2) is 0 Å². The SMILES string of the molecule is CC(C)(C)[S@@](=O)N[C@@H]([C@@H](Cc1ccccc1)N(Cc1ccccc1)Cc1ccccc1)C(F)(F)S(=O)(=O)c1ccccc1. The Morgan fingerprint density at radius 1 is 0.698 bits per heavy atom. The highest BCUT2D eigenvalue weighted by molar-refractivity contribution is 7.92. The molecule has 228 valence electrons. The van der Waals surface area contributed by atoms with E-state index >= 15 is 8.78 Å². The van der Waals surface area contributed by atoms with Crippen LogP contribution in [0.3, 0.4) is 0 Å². The maximum atomic E-state index is 16.9. The maximum absolute atomic E-state index is 16.9. The predicted octanol–water partition coefficient (Wildman–Crippen LogP) is 6.79. The molecule has 0 aliphatic carbocycles. The maximum Gasteiger partial charge on any atom is 0.367 e. The Kier molecular flexibility index (Phi) is 10.7. The molecule has 0 aromatic heterocycles. The van der Waals surface area contributed by atoms with Gasteiger partial charge in [0, 0.05) is 19.1 Å². The van der Waals surface area contributed by atoms with Gasteiger partial charge >= 0.3 is 5.25 Å². The van der Waals surface area contributed by atoms with Crippen molar-refractivity contribution in [2.75, 3.05) is 0 Å². The van der Waals surface area contributed by atoms with E-state index in [1.54, 1.807) is 26.8 Å². The lowest BCUT2D eigenvalue weighted by Gasteiger charge is -2.41. The summed E-state index contributed by atoms with van der Waals surface area (Å²) < 4.78 is 76.4. The summed E-state index contributed by atoms with van der Waals surface area (Å²) in [5, 5.41) is -4.33. The van der Waals surface area contributed by atoms with Crippen LogP contribution in [0.15, 0.2) is 126 Å². The highest BCUT2D eigenvalue weighted by atomic mass is 32.2. The first-order chi connectivity index (χ1) is 20.4. The lowest BCUT2D eigenvalue weighted by molar-refractivity contribution is 0.00664. The van der Waals surface area contributed by atoms with Crippen LogP contribution in [0.4, 0.5) is 8.78 Å². The topological polar surface area (TPSA) is 66.5 Å². The molecule has 0 fully saturated rings. The molecular formula is C34H38F2N2O3S2. The van der Waals surface area contributed by atoms with Crippen LogP contribution < -0.4 is 4.72 Å². The van der Waals surface area contributed by atoms with E-state index in [-0.39, 0.29) is 19.5 Å². The van der Waals surface area contributed by atoms with Crippen molar-refractivity contribution in [3.05, 3.63) is 138 Å². The number of nitrogens with zero attached hydrogens (tertiary/aromatic N) is 1. The molecular weight excluding hydrogens is 587 g/mol. The number of hydrogen-bond donors (Lipinski definition) is 1. The summed E-state index contributed by atoms with van der Waals surface area (Å²) >= 11 is 0. The monoisotopic (exact) mass is 624 g/mol. The van der Waals surface area contributed by atoms with Crippen molar-refractivity contribution in [1.29, 1.82) is 0 Å². The van der Waals surface area contributed by atoms with Gasteiger partial charge in [-0.2, -0.15) is 8.78 Å². The summed E-state index contributed by atoms with van der Waals surface area (Å²) in [6.07, 6.45) is 0.0828. The number of nitrogens with one attached hydrogen (secondary N) is 1. The zero-order valence-electron chi connectivity index (χ0n) is 24.6. The fraction of sp³-hybridized carbons (Fsp3) is 0.294. The molecule has 5 nitrogen and oxygen atoms in total. The molecule has 0 radical (unpaired) electrons. The van der Waals surface area contributed by atoms with E-state index in [1.807, 2.05) is 95.9 Å². The van der Waals surface area contributed by atoms with Crippen LogP contribution in [0.2, 0.25) is 0 Å². The van der Waals surface area contributed by atoms with Gasteiger partial charge in [-0.1, -0.05) is 109 Å². The minimum Gasteiger partial charge on any atom is -0.290 e. The van der Waals surface area contributed by atoms with E-state index in [0.717, 1.165) is 16.7 Å². The molecule has 0 aliphatic rings. The van der Waals surface area contributed by atoms with Crippen LogP contribution >= 0.6 is 0 Å². The fourth-order valence-corrected chi connectivity index (χ4v) is 7.17. The number of rotatable bonds is 13. The first kappa shape index (κ1) is 32.7. The predicted molar refractivity (Wildman–Crippen MR) is 169 cm³/mol. The molecule has 0 aliphatic heterocycles. The van der Waals surface area contributed by atoms with Crippen LogP contribution in [0.5, 0.6) is 0 Å². The molecule has 0 saturated carbocycles. The van der Waals surface area contributed by atoms with Gasteiger partial charge in [-0.25, -0.2) is 17.3 Å². The second-order valence-corrected chi connectivity index (χ2v) is 15.5. The van der Waals surface area contributed by atoms with Crippen LogP contribution in [-0.4, -0.2) is 39.6 Å². The zero-order chi connectivity index (χ0) is 31.1. The smallest absolute Gasteiger partial charge is 0.290 e. The third kappa shape index (κ3) is 8.23. The van der Waals surface area contributed by atoms with Crippen molar-refractivity contribution in [3.63, 3.8) is 0 Å². The molecule has 9 heteroatoms. The van der Waals surface area contributed by atoms with Crippen LogP contribution in [-0.2, 0) is 40.3 Å². The molecule has 0 spiro atoms. The second kappa shape index (κ2) is 14.0. The van der Waals surface area contributed by atoms with E-state index in [1.165, 1.54) is 24.3 Å². The third-order valence-electron chi connectivity index (χ3n) is 7.16. The first-order valence-electron chi connectivity index (χ1n) is 14.1. The Labute approximate surface area is 256 Å². The van der Waals surface area contributed by atoms with E-state index in [9.17, 15) is 12.6 Å².